The van der Waals surface area contributed by atoms with Crippen molar-refractivity contribution in [3.8, 4) is 0 Å². The highest BCUT2D eigenvalue weighted by molar-refractivity contribution is 5.92. The Bertz CT molecular complexity index is 460. The van der Waals surface area contributed by atoms with Crippen molar-refractivity contribution in [2.24, 2.45) is 0 Å². The number of nitrogens with one attached hydrogen (secondary N) is 2. The zero-order chi connectivity index (χ0) is 16.5. The maximum absolute atomic E-state index is 12.1. The van der Waals surface area contributed by atoms with Crippen LogP contribution >= 0.6 is 0 Å². The molecule has 2 rings (SSSR count). The lowest BCUT2D eigenvalue weighted by atomic mass is 10.1. The van der Waals surface area contributed by atoms with E-state index in [9.17, 15) is 4.79 Å². The summed E-state index contributed by atoms with van der Waals surface area (Å²) >= 11 is 0. The summed E-state index contributed by atoms with van der Waals surface area (Å²) in [5.41, 5.74) is 2.07. The van der Waals surface area contributed by atoms with E-state index >= 15 is 0 Å². The number of carbonyl (C=O) groups excluding carboxylic acids is 1. The van der Waals surface area contributed by atoms with Gasteiger partial charge in [-0.3, -0.25) is 4.79 Å². The van der Waals surface area contributed by atoms with E-state index in [2.05, 4.69) is 41.5 Å². The first kappa shape index (κ1) is 17.8. The normalized spacial score (nSPS) is 15.9. The van der Waals surface area contributed by atoms with Crippen molar-refractivity contribution >= 4 is 17.3 Å². The summed E-state index contributed by atoms with van der Waals surface area (Å²) in [6, 6.07) is 8.62. The van der Waals surface area contributed by atoms with Crippen LogP contribution in [0, 0.1) is 0 Å². The Hall–Kier alpha value is -1.55. The summed E-state index contributed by atoms with van der Waals surface area (Å²) in [4.78, 5) is 14.4. The fraction of sp³-hybridized carbons (Fsp3) is 0.632. The van der Waals surface area contributed by atoms with E-state index < -0.39 is 0 Å². The third-order valence-corrected chi connectivity index (χ3v) is 4.69. The minimum absolute atomic E-state index is 0.0461. The smallest absolute Gasteiger partial charge is 0.238 e. The summed E-state index contributed by atoms with van der Waals surface area (Å²) in [5, 5.41) is 6.39. The number of benzene rings is 1. The van der Waals surface area contributed by atoms with E-state index in [0.29, 0.717) is 12.6 Å². The first-order valence-corrected chi connectivity index (χ1v) is 9.11. The molecule has 0 radical (unpaired) electrons. The highest BCUT2D eigenvalue weighted by Gasteiger charge is 2.13. The van der Waals surface area contributed by atoms with E-state index in [1.165, 1.54) is 44.2 Å². The molecular formula is C19H31N3O. The highest BCUT2D eigenvalue weighted by Crippen LogP contribution is 2.18. The first-order chi connectivity index (χ1) is 11.2. The maximum atomic E-state index is 12.1. The Kier molecular flexibility index (Phi) is 7.40. The Balaban J connectivity index is 1.78. The molecule has 0 aromatic heterocycles. The first-order valence-electron chi connectivity index (χ1n) is 9.11. The van der Waals surface area contributed by atoms with Gasteiger partial charge in [0.15, 0.2) is 0 Å². The van der Waals surface area contributed by atoms with Crippen LogP contribution in [0.4, 0.5) is 11.4 Å². The lowest BCUT2D eigenvalue weighted by Gasteiger charge is -2.21. The van der Waals surface area contributed by atoms with E-state index in [0.717, 1.165) is 18.8 Å². The van der Waals surface area contributed by atoms with Crippen LogP contribution in [0.3, 0.4) is 0 Å². The van der Waals surface area contributed by atoms with Gasteiger partial charge in [0.2, 0.25) is 5.91 Å². The summed E-state index contributed by atoms with van der Waals surface area (Å²) in [6.45, 7) is 6.69. The maximum Gasteiger partial charge on any atom is 0.238 e. The molecule has 0 heterocycles. The van der Waals surface area contributed by atoms with Crippen LogP contribution in [0.5, 0.6) is 0 Å². The third kappa shape index (κ3) is 5.87. The second-order valence-corrected chi connectivity index (χ2v) is 6.34. The van der Waals surface area contributed by atoms with Crippen LogP contribution in [-0.4, -0.2) is 31.6 Å². The summed E-state index contributed by atoms with van der Waals surface area (Å²) in [5.74, 6) is 0.0461. The average molecular weight is 317 g/mol. The van der Waals surface area contributed by atoms with Crippen molar-refractivity contribution in [1.82, 2.24) is 5.32 Å². The molecule has 1 fully saturated rings. The Morgan fingerprint density at radius 2 is 1.65 bits per heavy atom. The van der Waals surface area contributed by atoms with Crippen LogP contribution < -0.4 is 15.5 Å². The molecule has 1 aliphatic carbocycles. The molecule has 1 aromatic carbocycles. The van der Waals surface area contributed by atoms with Gasteiger partial charge in [-0.15, -0.1) is 0 Å². The van der Waals surface area contributed by atoms with Crippen molar-refractivity contribution < 1.29 is 4.79 Å². The second kappa shape index (κ2) is 9.56. The molecule has 2 N–H and O–H groups in total. The Morgan fingerprint density at radius 3 is 2.22 bits per heavy atom. The third-order valence-electron chi connectivity index (χ3n) is 4.69. The zero-order valence-electron chi connectivity index (χ0n) is 14.6. The lowest BCUT2D eigenvalue weighted by molar-refractivity contribution is -0.115. The molecule has 23 heavy (non-hydrogen) atoms. The number of hydrogen-bond acceptors (Lipinski definition) is 3. The Morgan fingerprint density at radius 1 is 1.04 bits per heavy atom. The summed E-state index contributed by atoms with van der Waals surface area (Å²) < 4.78 is 0. The SMILES string of the molecule is CCN(CC)c1ccc(NC(=O)CNC2CCCCCC2)cc1. The molecule has 1 amide bonds. The van der Waals surface area contributed by atoms with Gasteiger partial charge in [-0.05, 0) is 51.0 Å². The molecule has 128 valence electrons. The second-order valence-electron chi connectivity index (χ2n) is 6.34. The van der Waals surface area contributed by atoms with Crippen molar-refractivity contribution in [2.45, 2.75) is 58.4 Å². The molecule has 1 aliphatic rings. The number of anilines is 2. The van der Waals surface area contributed by atoms with E-state index in [1.807, 2.05) is 12.1 Å². The largest absolute Gasteiger partial charge is 0.372 e. The van der Waals surface area contributed by atoms with E-state index in [-0.39, 0.29) is 5.91 Å². The molecule has 0 unspecified atom stereocenters. The number of rotatable bonds is 7. The van der Waals surface area contributed by atoms with Crippen LogP contribution in [0.1, 0.15) is 52.4 Å². The van der Waals surface area contributed by atoms with Crippen LogP contribution in [0.2, 0.25) is 0 Å². The van der Waals surface area contributed by atoms with Crippen LogP contribution in [-0.2, 0) is 4.79 Å². The molecule has 0 saturated heterocycles. The van der Waals surface area contributed by atoms with Crippen molar-refractivity contribution in [2.75, 3.05) is 29.9 Å². The van der Waals surface area contributed by atoms with E-state index in [4.69, 9.17) is 0 Å². The number of carbonyl (C=O) groups is 1. The van der Waals surface area contributed by atoms with Gasteiger partial charge in [0.25, 0.3) is 0 Å². The average Bonchev–Trinajstić information content (AvgIpc) is 2.84. The van der Waals surface area contributed by atoms with Crippen molar-refractivity contribution in [3.05, 3.63) is 24.3 Å². The molecule has 0 aliphatic heterocycles. The number of hydrogen-bond donors (Lipinski definition) is 2. The highest BCUT2D eigenvalue weighted by atomic mass is 16.1. The van der Waals surface area contributed by atoms with Gasteiger partial charge in [0.1, 0.15) is 0 Å². The van der Waals surface area contributed by atoms with Gasteiger partial charge in [-0.2, -0.15) is 0 Å². The van der Waals surface area contributed by atoms with Gasteiger partial charge in [-0.1, -0.05) is 25.7 Å². The lowest BCUT2D eigenvalue weighted by Crippen LogP contribution is -2.35. The van der Waals surface area contributed by atoms with Gasteiger partial charge < -0.3 is 15.5 Å². The summed E-state index contributed by atoms with van der Waals surface area (Å²) in [7, 11) is 0. The molecule has 0 spiro atoms. The van der Waals surface area contributed by atoms with Gasteiger partial charge >= 0.3 is 0 Å². The topological polar surface area (TPSA) is 44.4 Å². The predicted octanol–water partition coefficient (Wildman–Crippen LogP) is 3.78. The van der Waals surface area contributed by atoms with Gasteiger partial charge in [-0.25, -0.2) is 0 Å². The van der Waals surface area contributed by atoms with Crippen LogP contribution in [0.15, 0.2) is 24.3 Å². The number of nitrogens with zero attached hydrogens (tertiary/aromatic N) is 1. The van der Waals surface area contributed by atoms with Crippen LogP contribution in [0.25, 0.3) is 0 Å². The molecule has 1 saturated carbocycles. The van der Waals surface area contributed by atoms with Gasteiger partial charge in [0.05, 0.1) is 6.54 Å². The molecule has 1 aromatic rings. The quantitative estimate of drug-likeness (QED) is 0.752. The van der Waals surface area contributed by atoms with Crippen molar-refractivity contribution in [3.63, 3.8) is 0 Å². The summed E-state index contributed by atoms with van der Waals surface area (Å²) in [6.07, 6.45) is 7.64. The standard InChI is InChI=1S/C19H31N3O/c1-3-22(4-2)18-13-11-17(12-14-18)21-19(23)15-20-16-9-7-5-6-8-10-16/h11-14,16,20H,3-10,15H2,1-2H3,(H,21,23). The van der Waals surface area contributed by atoms with Crippen molar-refractivity contribution in [1.29, 1.82) is 0 Å². The van der Waals surface area contributed by atoms with Gasteiger partial charge in [0, 0.05) is 30.5 Å². The zero-order valence-corrected chi connectivity index (χ0v) is 14.6. The van der Waals surface area contributed by atoms with E-state index in [1.54, 1.807) is 0 Å². The molecular weight excluding hydrogens is 286 g/mol. The molecule has 0 bridgehead atoms. The molecule has 0 atom stereocenters. The minimum atomic E-state index is 0.0461. The minimum Gasteiger partial charge on any atom is -0.372 e. The monoisotopic (exact) mass is 317 g/mol. The Labute approximate surface area is 140 Å². The number of amides is 1. The molecule has 4 nitrogen and oxygen atoms in total. The fourth-order valence-electron chi connectivity index (χ4n) is 3.27. The molecule has 4 heteroatoms. The fourth-order valence-corrected chi connectivity index (χ4v) is 3.27. The predicted molar refractivity (Wildman–Crippen MR) is 98.1 cm³/mol.